The van der Waals surface area contributed by atoms with Gasteiger partial charge in [-0.15, -0.1) is 5.73 Å². The summed E-state index contributed by atoms with van der Waals surface area (Å²) in [5.74, 6) is 0.551. The molecule has 0 amide bonds. The first-order valence-corrected chi connectivity index (χ1v) is 5.16. The molecule has 0 aromatic rings. The molecule has 0 fully saturated rings. The minimum Gasteiger partial charge on any atom is -0.125 e. The summed E-state index contributed by atoms with van der Waals surface area (Å²) in [6, 6.07) is 0. The van der Waals surface area contributed by atoms with E-state index in [2.05, 4.69) is 44.7 Å². The van der Waals surface area contributed by atoms with Gasteiger partial charge in [0.15, 0.2) is 0 Å². The average Bonchev–Trinajstić information content (AvgIpc) is 2.27. The molecule has 0 aromatic heterocycles. The number of allylic oxidation sites excluding steroid dienone is 7. The highest BCUT2D eigenvalue weighted by atomic mass is 14.2. The third kappa shape index (κ3) is 1.54. The van der Waals surface area contributed by atoms with E-state index in [-0.39, 0.29) is 0 Å². The van der Waals surface area contributed by atoms with Crippen LogP contribution in [0.1, 0.15) is 27.2 Å². The van der Waals surface area contributed by atoms with Gasteiger partial charge in [-0.1, -0.05) is 17.7 Å². The van der Waals surface area contributed by atoms with Crippen molar-refractivity contribution in [1.29, 1.82) is 0 Å². The van der Waals surface area contributed by atoms with Crippen LogP contribution in [0.3, 0.4) is 0 Å². The second-order valence-corrected chi connectivity index (χ2v) is 4.25. The van der Waals surface area contributed by atoms with Crippen LogP contribution in [0.5, 0.6) is 0 Å². The van der Waals surface area contributed by atoms with Gasteiger partial charge in [-0.3, -0.25) is 0 Å². The number of hydrogen-bond donors (Lipinski definition) is 0. The van der Waals surface area contributed by atoms with Gasteiger partial charge in [0, 0.05) is 5.92 Å². The first kappa shape index (κ1) is 9.30. The SMILES string of the molecule is CC1=CC(C)=C2C(C)=CC=C=CC2C1. The standard InChI is InChI=1S/C14H16/c1-10-8-12(3)14-11(2)6-4-5-7-13(14)9-10/h4,6-8,13H,9H2,1-3H3. The Morgan fingerprint density at radius 2 is 2.07 bits per heavy atom. The molecule has 0 N–H and O–H groups in total. The molecule has 0 saturated carbocycles. The predicted octanol–water partition coefficient (Wildman–Crippen LogP) is 3.94. The van der Waals surface area contributed by atoms with Crippen LogP contribution in [-0.2, 0) is 0 Å². The summed E-state index contributed by atoms with van der Waals surface area (Å²) in [4.78, 5) is 0. The molecule has 0 radical (unpaired) electrons. The molecule has 72 valence electrons. The van der Waals surface area contributed by atoms with E-state index >= 15 is 0 Å². The molecule has 0 aromatic carbocycles. The summed E-state index contributed by atoms with van der Waals surface area (Å²) in [6.45, 7) is 6.61. The first-order chi connectivity index (χ1) is 6.68. The summed E-state index contributed by atoms with van der Waals surface area (Å²) in [5.41, 5.74) is 9.01. The summed E-state index contributed by atoms with van der Waals surface area (Å²) in [5, 5.41) is 0. The maximum Gasteiger partial charge on any atom is 0.0136 e. The Kier molecular flexibility index (Phi) is 2.31. The van der Waals surface area contributed by atoms with Crippen molar-refractivity contribution in [3.63, 3.8) is 0 Å². The lowest BCUT2D eigenvalue weighted by atomic mass is 9.81. The number of hydrogen-bond acceptors (Lipinski definition) is 0. The Morgan fingerprint density at radius 1 is 1.29 bits per heavy atom. The Bertz CT molecular complexity index is 407. The van der Waals surface area contributed by atoms with Crippen LogP contribution in [0.25, 0.3) is 0 Å². The van der Waals surface area contributed by atoms with Crippen molar-refractivity contribution in [2.45, 2.75) is 27.2 Å². The normalized spacial score (nSPS) is 25.5. The molecule has 0 heteroatoms. The van der Waals surface area contributed by atoms with Crippen LogP contribution in [-0.4, -0.2) is 0 Å². The molecule has 0 nitrogen and oxygen atoms in total. The Balaban J connectivity index is 2.56. The summed E-state index contributed by atoms with van der Waals surface area (Å²) >= 11 is 0. The minimum absolute atomic E-state index is 0.551. The molecular weight excluding hydrogens is 168 g/mol. The molecule has 0 bridgehead atoms. The van der Waals surface area contributed by atoms with E-state index in [0.717, 1.165) is 6.42 Å². The molecule has 1 unspecified atom stereocenters. The topological polar surface area (TPSA) is 0 Å². The van der Waals surface area contributed by atoms with Gasteiger partial charge < -0.3 is 0 Å². The van der Waals surface area contributed by atoms with E-state index in [4.69, 9.17) is 0 Å². The smallest absolute Gasteiger partial charge is 0.0136 e. The zero-order valence-corrected chi connectivity index (χ0v) is 9.09. The Labute approximate surface area is 86.0 Å². The van der Waals surface area contributed by atoms with Gasteiger partial charge >= 0.3 is 0 Å². The highest BCUT2D eigenvalue weighted by Crippen LogP contribution is 2.35. The largest absolute Gasteiger partial charge is 0.125 e. The molecule has 0 aliphatic heterocycles. The second-order valence-electron chi connectivity index (χ2n) is 4.25. The lowest BCUT2D eigenvalue weighted by molar-refractivity contribution is 0.731. The Hall–Kier alpha value is -1.26. The third-order valence-electron chi connectivity index (χ3n) is 2.95. The van der Waals surface area contributed by atoms with Gasteiger partial charge in [-0.25, -0.2) is 0 Å². The van der Waals surface area contributed by atoms with Gasteiger partial charge in [-0.2, -0.15) is 0 Å². The predicted molar refractivity (Wildman–Crippen MR) is 61.0 cm³/mol. The average molecular weight is 184 g/mol. The minimum atomic E-state index is 0.551. The van der Waals surface area contributed by atoms with Crippen LogP contribution in [0.4, 0.5) is 0 Å². The third-order valence-corrected chi connectivity index (χ3v) is 2.95. The first-order valence-electron chi connectivity index (χ1n) is 5.16. The molecule has 0 saturated heterocycles. The van der Waals surface area contributed by atoms with E-state index in [1.54, 1.807) is 0 Å². The van der Waals surface area contributed by atoms with E-state index in [9.17, 15) is 0 Å². The fraction of sp³-hybridized carbons (Fsp3) is 0.357. The molecule has 2 aliphatic rings. The van der Waals surface area contributed by atoms with Crippen molar-refractivity contribution < 1.29 is 0 Å². The molecule has 2 rings (SSSR count). The van der Waals surface area contributed by atoms with Gasteiger partial charge in [0.1, 0.15) is 0 Å². The highest BCUT2D eigenvalue weighted by Gasteiger charge is 2.20. The number of rotatable bonds is 0. The van der Waals surface area contributed by atoms with E-state index in [1.165, 1.54) is 22.3 Å². The quantitative estimate of drug-likeness (QED) is 0.500. The molecular formula is C14H16. The second kappa shape index (κ2) is 3.48. The molecule has 2 aliphatic carbocycles. The van der Waals surface area contributed by atoms with Crippen LogP contribution in [0, 0.1) is 5.92 Å². The molecule has 1 atom stereocenters. The highest BCUT2D eigenvalue weighted by molar-refractivity contribution is 5.48. The van der Waals surface area contributed by atoms with Crippen LogP contribution < -0.4 is 0 Å². The summed E-state index contributed by atoms with van der Waals surface area (Å²) in [6.07, 6.45) is 9.83. The van der Waals surface area contributed by atoms with Crippen molar-refractivity contribution in [3.05, 3.63) is 52.3 Å². The Morgan fingerprint density at radius 3 is 2.86 bits per heavy atom. The summed E-state index contributed by atoms with van der Waals surface area (Å²) < 4.78 is 0. The lowest BCUT2D eigenvalue weighted by Gasteiger charge is -2.23. The zero-order chi connectivity index (χ0) is 10.1. The van der Waals surface area contributed by atoms with Gasteiger partial charge in [0.25, 0.3) is 0 Å². The molecule has 14 heavy (non-hydrogen) atoms. The van der Waals surface area contributed by atoms with Crippen molar-refractivity contribution in [2.24, 2.45) is 5.92 Å². The van der Waals surface area contributed by atoms with Gasteiger partial charge in [0.2, 0.25) is 0 Å². The monoisotopic (exact) mass is 184 g/mol. The zero-order valence-electron chi connectivity index (χ0n) is 9.09. The lowest BCUT2D eigenvalue weighted by Crippen LogP contribution is -2.09. The van der Waals surface area contributed by atoms with Crippen molar-refractivity contribution in [2.75, 3.05) is 0 Å². The van der Waals surface area contributed by atoms with E-state index in [0.29, 0.717) is 5.92 Å². The fourth-order valence-corrected chi connectivity index (χ4v) is 2.43. The summed E-state index contributed by atoms with van der Waals surface area (Å²) in [7, 11) is 0. The van der Waals surface area contributed by atoms with E-state index in [1.807, 2.05) is 6.08 Å². The van der Waals surface area contributed by atoms with E-state index < -0.39 is 0 Å². The van der Waals surface area contributed by atoms with Crippen molar-refractivity contribution in [3.8, 4) is 0 Å². The van der Waals surface area contributed by atoms with Crippen molar-refractivity contribution in [1.82, 2.24) is 0 Å². The van der Waals surface area contributed by atoms with Gasteiger partial charge in [0.05, 0.1) is 0 Å². The molecule has 0 spiro atoms. The number of fused-ring (bicyclic) bond motifs is 1. The van der Waals surface area contributed by atoms with Crippen LogP contribution >= 0.6 is 0 Å². The fourth-order valence-electron chi connectivity index (χ4n) is 2.43. The van der Waals surface area contributed by atoms with Crippen molar-refractivity contribution >= 4 is 0 Å². The maximum atomic E-state index is 3.23. The van der Waals surface area contributed by atoms with Crippen LogP contribution in [0.2, 0.25) is 0 Å². The maximum absolute atomic E-state index is 3.23. The van der Waals surface area contributed by atoms with Crippen LogP contribution in [0.15, 0.2) is 52.3 Å². The van der Waals surface area contributed by atoms with Gasteiger partial charge in [-0.05, 0) is 56.1 Å². The molecule has 0 heterocycles.